The van der Waals surface area contributed by atoms with Crippen molar-refractivity contribution in [2.24, 2.45) is 0 Å². The van der Waals surface area contributed by atoms with Crippen LogP contribution in [0, 0.1) is 6.92 Å². The summed E-state index contributed by atoms with van der Waals surface area (Å²) < 4.78 is 5.73. The van der Waals surface area contributed by atoms with Crippen molar-refractivity contribution in [3.05, 3.63) is 39.8 Å². The van der Waals surface area contributed by atoms with Crippen LogP contribution in [0.3, 0.4) is 0 Å². The number of ether oxygens (including phenoxy) is 1. The molecule has 4 nitrogen and oxygen atoms in total. The minimum Gasteiger partial charge on any atom is -0.493 e. The first-order valence-corrected chi connectivity index (χ1v) is 6.75. The Kier molecular flexibility index (Phi) is 4.66. The lowest BCUT2D eigenvalue weighted by Gasteiger charge is -2.07. The molecule has 2 aromatic rings. The largest absolute Gasteiger partial charge is 0.493 e. The quantitative estimate of drug-likeness (QED) is 0.868. The molecule has 0 amide bonds. The molecule has 2 rings (SSSR count). The van der Waals surface area contributed by atoms with Gasteiger partial charge in [0.15, 0.2) is 0 Å². The van der Waals surface area contributed by atoms with E-state index in [-0.39, 0.29) is 0 Å². The van der Waals surface area contributed by atoms with E-state index in [9.17, 15) is 0 Å². The third-order valence-corrected chi connectivity index (χ3v) is 3.49. The number of hydrogen-bond acceptors (Lipinski definition) is 5. The summed E-state index contributed by atoms with van der Waals surface area (Å²) in [6.45, 7) is 3.46. The zero-order chi connectivity index (χ0) is 12.8. The Morgan fingerprint density at radius 1 is 1.22 bits per heavy atom. The van der Waals surface area contributed by atoms with E-state index in [1.807, 2.05) is 38.2 Å². The van der Waals surface area contributed by atoms with Crippen LogP contribution in [0.15, 0.2) is 24.3 Å². The van der Waals surface area contributed by atoms with E-state index < -0.39 is 0 Å². The average Bonchev–Trinajstić information content (AvgIpc) is 2.80. The zero-order valence-electron chi connectivity index (χ0n) is 10.6. The van der Waals surface area contributed by atoms with Crippen molar-refractivity contribution in [3.8, 4) is 5.75 Å². The second kappa shape index (κ2) is 6.47. The molecule has 1 heterocycles. The van der Waals surface area contributed by atoms with Gasteiger partial charge < -0.3 is 10.1 Å². The Morgan fingerprint density at radius 3 is 2.78 bits per heavy atom. The number of aromatic nitrogens is 2. The van der Waals surface area contributed by atoms with Crippen molar-refractivity contribution in [2.45, 2.75) is 19.9 Å². The van der Waals surface area contributed by atoms with E-state index in [4.69, 9.17) is 4.74 Å². The fourth-order valence-electron chi connectivity index (χ4n) is 1.58. The molecule has 1 aromatic heterocycles. The fraction of sp³-hybridized carbons (Fsp3) is 0.385. The maximum Gasteiger partial charge on any atom is 0.131 e. The summed E-state index contributed by atoms with van der Waals surface area (Å²) in [5.74, 6) is 0.942. The Labute approximate surface area is 111 Å². The molecular formula is C13H17N3OS. The molecule has 18 heavy (non-hydrogen) atoms. The van der Waals surface area contributed by atoms with Gasteiger partial charge in [0.1, 0.15) is 15.8 Å². The first kappa shape index (κ1) is 13.0. The van der Waals surface area contributed by atoms with Crippen LogP contribution >= 0.6 is 11.3 Å². The molecule has 1 N–H and O–H groups in total. The molecule has 0 atom stereocenters. The Balaban J connectivity index is 1.83. The molecule has 96 valence electrons. The number of hydrogen-bond donors (Lipinski definition) is 1. The Hall–Kier alpha value is -1.46. The molecule has 0 bridgehead atoms. The van der Waals surface area contributed by atoms with Gasteiger partial charge in [-0.05, 0) is 25.6 Å². The molecule has 0 aliphatic heterocycles. The topological polar surface area (TPSA) is 47.0 Å². The van der Waals surface area contributed by atoms with Crippen LogP contribution in [0.4, 0.5) is 0 Å². The maximum absolute atomic E-state index is 5.73. The van der Waals surface area contributed by atoms with E-state index >= 15 is 0 Å². The van der Waals surface area contributed by atoms with E-state index in [2.05, 4.69) is 15.5 Å². The van der Waals surface area contributed by atoms with Crippen LogP contribution in [0.25, 0.3) is 0 Å². The van der Waals surface area contributed by atoms with Gasteiger partial charge in [0.25, 0.3) is 0 Å². The van der Waals surface area contributed by atoms with Crippen LogP contribution in [0.5, 0.6) is 5.75 Å². The number of benzene rings is 1. The number of aryl methyl sites for hydroxylation is 1. The molecule has 0 aliphatic carbocycles. The van der Waals surface area contributed by atoms with Gasteiger partial charge in [0.05, 0.1) is 6.61 Å². The number of nitrogens with one attached hydrogen (secondary N) is 1. The Morgan fingerprint density at radius 2 is 2.00 bits per heavy atom. The zero-order valence-corrected chi connectivity index (χ0v) is 11.5. The molecule has 1 aromatic carbocycles. The highest BCUT2D eigenvalue weighted by atomic mass is 32.1. The highest BCUT2D eigenvalue weighted by Gasteiger charge is 2.04. The standard InChI is InChI=1S/C13H17N3OS/c1-10-5-3-4-6-11(10)17-8-7-12-15-16-13(18-12)9-14-2/h3-6,14H,7-9H2,1-2H3. The van der Waals surface area contributed by atoms with E-state index in [1.165, 1.54) is 0 Å². The lowest BCUT2D eigenvalue weighted by atomic mass is 10.2. The highest BCUT2D eigenvalue weighted by molar-refractivity contribution is 7.11. The molecule has 5 heteroatoms. The van der Waals surface area contributed by atoms with Crippen LogP contribution in [-0.4, -0.2) is 23.9 Å². The number of nitrogens with zero attached hydrogens (tertiary/aromatic N) is 2. The van der Waals surface area contributed by atoms with Gasteiger partial charge in [-0.15, -0.1) is 21.5 Å². The predicted octanol–water partition coefficient (Wildman–Crippen LogP) is 2.19. The van der Waals surface area contributed by atoms with Crippen molar-refractivity contribution >= 4 is 11.3 Å². The first-order chi connectivity index (χ1) is 8.79. The molecule has 0 spiro atoms. The van der Waals surface area contributed by atoms with E-state index in [1.54, 1.807) is 11.3 Å². The minimum absolute atomic E-state index is 0.638. The summed E-state index contributed by atoms with van der Waals surface area (Å²) in [5, 5.41) is 13.3. The molecular weight excluding hydrogens is 246 g/mol. The van der Waals surface area contributed by atoms with Crippen molar-refractivity contribution in [3.63, 3.8) is 0 Å². The van der Waals surface area contributed by atoms with Gasteiger partial charge in [0.2, 0.25) is 0 Å². The average molecular weight is 263 g/mol. The van der Waals surface area contributed by atoms with Gasteiger partial charge in [0, 0.05) is 13.0 Å². The molecule has 0 fully saturated rings. The van der Waals surface area contributed by atoms with Crippen LogP contribution in [-0.2, 0) is 13.0 Å². The van der Waals surface area contributed by atoms with Gasteiger partial charge in [-0.2, -0.15) is 0 Å². The molecule has 0 radical (unpaired) electrons. The summed E-state index contributed by atoms with van der Waals surface area (Å²) in [6.07, 6.45) is 0.801. The van der Waals surface area contributed by atoms with Gasteiger partial charge in [-0.25, -0.2) is 0 Å². The van der Waals surface area contributed by atoms with Crippen molar-refractivity contribution in [1.82, 2.24) is 15.5 Å². The van der Waals surface area contributed by atoms with Gasteiger partial charge in [-0.3, -0.25) is 0 Å². The fourth-order valence-corrected chi connectivity index (χ4v) is 2.42. The van der Waals surface area contributed by atoms with Gasteiger partial charge >= 0.3 is 0 Å². The lowest BCUT2D eigenvalue weighted by molar-refractivity contribution is 0.319. The van der Waals surface area contributed by atoms with Crippen LogP contribution in [0.2, 0.25) is 0 Å². The van der Waals surface area contributed by atoms with E-state index in [0.29, 0.717) is 6.61 Å². The van der Waals surface area contributed by atoms with Crippen LogP contribution < -0.4 is 10.1 Å². The summed E-state index contributed by atoms with van der Waals surface area (Å²) in [5.41, 5.74) is 1.16. The minimum atomic E-state index is 0.638. The molecule has 0 aliphatic rings. The first-order valence-electron chi connectivity index (χ1n) is 5.94. The molecule has 0 unspecified atom stereocenters. The van der Waals surface area contributed by atoms with Crippen LogP contribution in [0.1, 0.15) is 15.6 Å². The second-order valence-corrected chi connectivity index (χ2v) is 5.13. The number of para-hydroxylation sites is 1. The van der Waals surface area contributed by atoms with E-state index in [0.717, 1.165) is 34.3 Å². The van der Waals surface area contributed by atoms with Crippen molar-refractivity contribution < 1.29 is 4.74 Å². The van der Waals surface area contributed by atoms with Gasteiger partial charge in [-0.1, -0.05) is 18.2 Å². The highest BCUT2D eigenvalue weighted by Crippen LogP contribution is 2.17. The normalized spacial score (nSPS) is 10.6. The lowest BCUT2D eigenvalue weighted by Crippen LogP contribution is -2.04. The smallest absolute Gasteiger partial charge is 0.131 e. The summed E-state index contributed by atoms with van der Waals surface area (Å²) >= 11 is 1.63. The summed E-state index contributed by atoms with van der Waals surface area (Å²) in [7, 11) is 1.91. The predicted molar refractivity (Wildman–Crippen MR) is 73.1 cm³/mol. The maximum atomic E-state index is 5.73. The number of rotatable bonds is 6. The molecule has 0 saturated carbocycles. The van der Waals surface area contributed by atoms with Crippen molar-refractivity contribution in [1.29, 1.82) is 0 Å². The summed E-state index contributed by atoms with van der Waals surface area (Å²) in [4.78, 5) is 0. The summed E-state index contributed by atoms with van der Waals surface area (Å²) in [6, 6.07) is 8.03. The SMILES string of the molecule is CNCc1nnc(CCOc2ccccc2C)s1. The Bertz CT molecular complexity index is 498. The third kappa shape index (κ3) is 3.51. The monoisotopic (exact) mass is 263 g/mol. The molecule has 0 saturated heterocycles. The van der Waals surface area contributed by atoms with Crippen molar-refractivity contribution in [2.75, 3.05) is 13.7 Å². The third-order valence-electron chi connectivity index (χ3n) is 2.50. The second-order valence-electron chi connectivity index (χ2n) is 3.98.